The first-order valence-electron chi connectivity index (χ1n) is 11.1. The van der Waals surface area contributed by atoms with Crippen LogP contribution in [0.2, 0.25) is 10.0 Å². The number of hydrogen-bond donors (Lipinski definition) is 1. The first kappa shape index (κ1) is 28.0. The summed E-state index contributed by atoms with van der Waals surface area (Å²) in [5.41, 5.74) is 0.924. The van der Waals surface area contributed by atoms with Gasteiger partial charge >= 0.3 is 0 Å². The number of unbranched alkanes of at least 4 members (excludes halogenated alkanes) is 1. The molecule has 0 aliphatic carbocycles. The summed E-state index contributed by atoms with van der Waals surface area (Å²) in [4.78, 5) is 28.0. The van der Waals surface area contributed by atoms with Gasteiger partial charge in [0.25, 0.3) is 0 Å². The fourth-order valence-corrected chi connectivity index (χ4v) is 4.77. The summed E-state index contributed by atoms with van der Waals surface area (Å²) in [5, 5.41) is 3.31. The quantitative estimate of drug-likeness (QED) is 0.412. The van der Waals surface area contributed by atoms with Gasteiger partial charge in [0.1, 0.15) is 12.6 Å². The molecule has 1 N–H and O–H groups in total. The number of anilines is 1. The molecule has 0 fully saturated rings. The Kier molecular flexibility index (Phi) is 10.7. The van der Waals surface area contributed by atoms with Gasteiger partial charge in [-0.2, -0.15) is 0 Å². The van der Waals surface area contributed by atoms with E-state index in [0.717, 1.165) is 29.0 Å². The maximum atomic E-state index is 13.6. The fraction of sp³-hybridized carbons (Fsp3) is 0.417. The second-order valence-corrected chi connectivity index (χ2v) is 10.7. The molecule has 186 valence electrons. The van der Waals surface area contributed by atoms with Crippen molar-refractivity contribution in [1.29, 1.82) is 0 Å². The molecular formula is C24H31Cl2N3O4S. The third-order valence-electron chi connectivity index (χ3n) is 5.27. The Morgan fingerprint density at radius 2 is 1.74 bits per heavy atom. The van der Waals surface area contributed by atoms with E-state index in [0.29, 0.717) is 13.0 Å². The van der Waals surface area contributed by atoms with Gasteiger partial charge in [0.2, 0.25) is 21.8 Å². The molecule has 10 heteroatoms. The van der Waals surface area contributed by atoms with Crippen molar-refractivity contribution in [3.05, 3.63) is 64.1 Å². The van der Waals surface area contributed by atoms with Crippen LogP contribution < -0.4 is 9.62 Å². The summed E-state index contributed by atoms with van der Waals surface area (Å²) >= 11 is 12.3. The zero-order valence-corrected chi connectivity index (χ0v) is 22.0. The third kappa shape index (κ3) is 7.89. The van der Waals surface area contributed by atoms with Crippen LogP contribution in [0.1, 0.15) is 38.7 Å². The Morgan fingerprint density at radius 1 is 1.06 bits per heavy atom. The lowest BCUT2D eigenvalue weighted by Gasteiger charge is -2.33. The molecule has 2 aromatic carbocycles. The average Bonchev–Trinajstić information content (AvgIpc) is 2.79. The topological polar surface area (TPSA) is 86.8 Å². The normalized spacial score (nSPS) is 12.1. The number of benzene rings is 2. The van der Waals surface area contributed by atoms with Crippen LogP contribution in [0.25, 0.3) is 0 Å². The predicted molar refractivity (Wildman–Crippen MR) is 138 cm³/mol. The number of rotatable bonds is 12. The second-order valence-electron chi connectivity index (χ2n) is 7.94. The summed E-state index contributed by atoms with van der Waals surface area (Å²) in [6.07, 6.45) is 3.11. The van der Waals surface area contributed by atoms with E-state index in [1.807, 2.05) is 44.2 Å². The minimum Gasteiger partial charge on any atom is -0.354 e. The van der Waals surface area contributed by atoms with Crippen LogP contribution in [0.5, 0.6) is 0 Å². The summed E-state index contributed by atoms with van der Waals surface area (Å²) in [6, 6.07) is 12.9. The minimum absolute atomic E-state index is 0.102. The summed E-state index contributed by atoms with van der Waals surface area (Å²) in [7, 11) is -3.89. The highest BCUT2D eigenvalue weighted by molar-refractivity contribution is 7.92. The van der Waals surface area contributed by atoms with E-state index >= 15 is 0 Å². The Morgan fingerprint density at radius 3 is 2.32 bits per heavy atom. The van der Waals surface area contributed by atoms with E-state index < -0.39 is 28.5 Å². The van der Waals surface area contributed by atoms with Gasteiger partial charge < -0.3 is 10.2 Å². The molecule has 0 aliphatic rings. The van der Waals surface area contributed by atoms with Crippen LogP contribution in [-0.4, -0.2) is 50.5 Å². The lowest BCUT2D eigenvalue weighted by Crippen LogP contribution is -2.52. The van der Waals surface area contributed by atoms with Gasteiger partial charge in [0.15, 0.2) is 0 Å². The molecule has 0 unspecified atom stereocenters. The highest BCUT2D eigenvalue weighted by atomic mass is 35.5. The molecule has 0 aromatic heterocycles. The van der Waals surface area contributed by atoms with E-state index in [-0.39, 0.29) is 28.2 Å². The third-order valence-corrected chi connectivity index (χ3v) is 6.95. The molecule has 7 nitrogen and oxygen atoms in total. The van der Waals surface area contributed by atoms with E-state index in [2.05, 4.69) is 5.32 Å². The summed E-state index contributed by atoms with van der Waals surface area (Å²) in [6.45, 7) is 3.98. The molecule has 0 bridgehead atoms. The van der Waals surface area contributed by atoms with Gasteiger partial charge in [-0.05, 0) is 36.6 Å². The SMILES string of the molecule is CCCCNC(=O)[C@@H](CC)N(Cc1ccccc1)C(=O)CN(c1cc(Cl)ccc1Cl)S(C)(=O)=O. The van der Waals surface area contributed by atoms with Gasteiger partial charge in [-0.1, -0.05) is 73.8 Å². The van der Waals surface area contributed by atoms with E-state index in [1.165, 1.54) is 23.1 Å². The number of carbonyl (C=O) groups is 2. The number of hydrogen-bond acceptors (Lipinski definition) is 4. The molecule has 0 aliphatic heterocycles. The van der Waals surface area contributed by atoms with Gasteiger partial charge in [0.05, 0.1) is 17.0 Å². The largest absolute Gasteiger partial charge is 0.354 e. The van der Waals surface area contributed by atoms with Crippen molar-refractivity contribution in [2.24, 2.45) is 0 Å². The monoisotopic (exact) mass is 527 g/mol. The average molecular weight is 529 g/mol. The van der Waals surface area contributed by atoms with Crippen LogP contribution in [0.15, 0.2) is 48.5 Å². The zero-order valence-electron chi connectivity index (χ0n) is 19.6. The summed E-state index contributed by atoms with van der Waals surface area (Å²) in [5.74, 6) is -0.797. The lowest BCUT2D eigenvalue weighted by atomic mass is 10.1. The molecule has 0 heterocycles. The second kappa shape index (κ2) is 13.0. The van der Waals surface area contributed by atoms with E-state index in [1.54, 1.807) is 0 Å². The van der Waals surface area contributed by atoms with Gasteiger partial charge in [-0.15, -0.1) is 0 Å². The fourth-order valence-electron chi connectivity index (χ4n) is 3.48. The van der Waals surface area contributed by atoms with Crippen molar-refractivity contribution in [2.45, 2.75) is 45.7 Å². The molecular weight excluding hydrogens is 497 g/mol. The predicted octanol–water partition coefficient (Wildman–Crippen LogP) is 4.48. The lowest BCUT2D eigenvalue weighted by molar-refractivity contribution is -0.140. The Balaban J connectivity index is 2.41. The standard InChI is InChI=1S/C24H31Cl2N3O4S/c1-4-6-14-27-24(31)21(5-2)28(16-18-10-8-7-9-11-18)23(30)17-29(34(3,32)33)22-15-19(25)12-13-20(22)26/h7-13,15,21H,4-6,14,16-17H2,1-3H3,(H,27,31)/t21-/m1/s1. The number of halogens is 2. The first-order chi connectivity index (χ1) is 16.1. The smallest absolute Gasteiger partial charge is 0.244 e. The maximum Gasteiger partial charge on any atom is 0.244 e. The van der Waals surface area contributed by atoms with Crippen molar-refractivity contribution >= 4 is 50.7 Å². The van der Waals surface area contributed by atoms with Gasteiger partial charge in [0, 0.05) is 18.1 Å². The Bertz CT molecular complexity index is 1080. The van der Waals surface area contributed by atoms with E-state index in [4.69, 9.17) is 23.2 Å². The molecule has 0 saturated heterocycles. The molecule has 0 radical (unpaired) electrons. The van der Waals surface area contributed by atoms with Crippen LogP contribution in [0, 0.1) is 0 Å². The van der Waals surface area contributed by atoms with Crippen LogP contribution in [-0.2, 0) is 26.2 Å². The molecule has 0 spiro atoms. The van der Waals surface area contributed by atoms with Crippen molar-refractivity contribution < 1.29 is 18.0 Å². The van der Waals surface area contributed by atoms with Crippen molar-refractivity contribution in [2.75, 3.05) is 23.7 Å². The molecule has 2 aromatic rings. The minimum atomic E-state index is -3.89. The number of amides is 2. The van der Waals surface area contributed by atoms with Crippen LogP contribution in [0.3, 0.4) is 0 Å². The van der Waals surface area contributed by atoms with Crippen molar-refractivity contribution in [3.8, 4) is 0 Å². The number of nitrogens with one attached hydrogen (secondary N) is 1. The van der Waals surface area contributed by atoms with Gasteiger partial charge in [-0.25, -0.2) is 8.42 Å². The zero-order chi connectivity index (χ0) is 25.3. The van der Waals surface area contributed by atoms with Crippen LogP contribution >= 0.6 is 23.2 Å². The van der Waals surface area contributed by atoms with Crippen LogP contribution in [0.4, 0.5) is 5.69 Å². The molecule has 1 atom stereocenters. The first-order valence-corrected chi connectivity index (χ1v) is 13.7. The highest BCUT2D eigenvalue weighted by Crippen LogP contribution is 2.31. The molecule has 2 rings (SSSR count). The highest BCUT2D eigenvalue weighted by Gasteiger charge is 2.32. The van der Waals surface area contributed by atoms with Crippen molar-refractivity contribution in [1.82, 2.24) is 10.2 Å². The Hall–Kier alpha value is -2.29. The summed E-state index contributed by atoms with van der Waals surface area (Å²) < 4.78 is 26.2. The molecule has 0 saturated carbocycles. The Labute approximate surface area is 212 Å². The van der Waals surface area contributed by atoms with Crippen molar-refractivity contribution in [3.63, 3.8) is 0 Å². The van der Waals surface area contributed by atoms with E-state index in [9.17, 15) is 18.0 Å². The number of carbonyl (C=O) groups excluding carboxylic acids is 2. The maximum absolute atomic E-state index is 13.6. The number of nitrogens with zero attached hydrogens (tertiary/aromatic N) is 2. The van der Waals surface area contributed by atoms with Gasteiger partial charge in [-0.3, -0.25) is 13.9 Å². The number of sulfonamides is 1. The molecule has 2 amide bonds. The molecule has 34 heavy (non-hydrogen) atoms.